The van der Waals surface area contributed by atoms with E-state index in [9.17, 15) is 4.79 Å². The maximum Gasteiger partial charge on any atom is 0.234 e. The molecule has 1 aromatic heterocycles. The summed E-state index contributed by atoms with van der Waals surface area (Å²) >= 11 is 0. The summed E-state index contributed by atoms with van der Waals surface area (Å²) in [7, 11) is 1.64. The van der Waals surface area contributed by atoms with Crippen molar-refractivity contribution in [2.24, 2.45) is 0 Å². The van der Waals surface area contributed by atoms with Crippen molar-refractivity contribution in [1.29, 1.82) is 0 Å². The van der Waals surface area contributed by atoms with Crippen molar-refractivity contribution in [2.75, 3.05) is 26.8 Å². The Hall–Kier alpha value is -1.89. The van der Waals surface area contributed by atoms with Crippen LogP contribution in [0.1, 0.15) is 17.0 Å². The molecule has 0 aliphatic heterocycles. The Bertz CT molecular complexity index is 658. The quantitative estimate of drug-likeness (QED) is 0.710. The third kappa shape index (κ3) is 5.63. The molecule has 0 aliphatic rings. The summed E-state index contributed by atoms with van der Waals surface area (Å²) < 4.78 is 6.84. The molecular weight excluding hydrogens is 328 g/mol. The van der Waals surface area contributed by atoms with Gasteiger partial charge in [-0.05, 0) is 31.5 Å². The lowest BCUT2D eigenvalue weighted by Gasteiger charge is -2.12. The predicted octanol–water partition coefficient (Wildman–Crippen LogP) is 1.76. The maximum atomic E-state index is 11.9. The number of nitrogens with zero attached hydrogens (tertiary/aromatic N) is 2. The molecule has 1 amide bonds. The Balaban J connectivity index is 0.00000288. The molecule has 7 heteroatoms. The number of aromatic nitrogens is 2. The van der Waals surface area contributed by atoms with E-state index in [-0.39, 0.29) is 24.9 Å². The number of hydrogen-bond acceptors (Lipinski definition) is 4. The summed E-state index contributed by atoms with van der Waals surface area (Å²) in [6.45, 7) is 6.00. The number of carbonyl (C=O) groups is 1. The zero-order chi connectivity index (χ0) is 16.7. The lowest BCUT2D eigenvalue weighted by molar-refractivity contribution is -0.120. The zero-order valence-electron chi connectivity index (χ0n) is 14.3. The van der Waals surface area contributed by atoms with Crippen LogP contribution in [0.3, 0.4) is 0 Å². The van der Waals surface area contributed by atoms with Crippen LogP contribution in [0.4, 0.5) is 0 Å². The highest BCUT2D eigenvalue weighted by Gasteiger charge is 2.09. The topological polar surface area (TPSA) is 68.2 Å². The Morgan fingerprint density at radius 2 is 2.04 bits per heavy atom. The molecule has 0 bridgehead atoms. The summed E-state index contributed by atoms with van der Waals surface area (Å²) in [5.41, 5.74) is 4.07. The molecule has 2 N–H and O–H groups in total. The molecule has 0 spiro atoms. The van der Waals surface area contributed by atoms with Gasteiger partial charge >= 0.3 is 0 Å². The highest BCUT2D eigenvalue weighted by atomic mass is 35.5. The standard InChI is InChI=1S/C17H24N4O2.ClH/c1-13-10-14(2)21(20-13)16-7-5-4-6-15(16)11-19-17(22)12-18-8-9-23-3;/h4-7,10,18H,8-9,11-12H2,1-3H3,(H,19,22);1H. The van der Waals surface area contributed by atoms with Crippen molar-refractivity contribution >= 4 is 18.3 Å². The van der Waals surface area contributed by atoms with Crippen molar-refractivity contribution in [3.63, 3.8) is 0 Å². The molecule has 6 nitrogen and oxygen atoms in total. The van der Waals surface area contributed by atoms with Crippen molar-refractivity contribution < 1.29 is 9.53 Å². The van der Waals surface area contributed by atoms with Crippen LogP contribution in [0, 0.1) is 13.8 Å². The van der Waals surface area contributed by atoms with Gasteiger partial charge in [-0.25, -0.2) is 4.68 Å². The van der Waals surface area contributed by atoms with E-state index >= 15 is 0 Å². The van der Waals surface area contributed by atoms with Gasteiger partial charge in [-0.2, -0.15) is 5.10 Å². The molecule has 0 saturated carbocycles. The van der Waals surface area contributed by atoms with Crippen LogP contribution in [0.2, 0.25) is 0 Å². The first kappa shape index (κ1) is 20.2. The van der Waals surface area contributed by atoms with Crippen LogP contribution in [-0.4, -0.2) is 42.5 Å². The van der Waals surface area contributed by atoms with Crippen LogP contribution >= 0.6 is 12.4 Å². The number of hydrogen-bond donors (Lipinski definition) is 2. The molecular formula is C17H25ClN4O2. The first-order chi connectivity index (χ1) is 11.1. The molecule has 24 heavy (non-hydrogen) atoms. The minimum Gasteiger partial charge on any atom is -0.383 e. The fourth-order valence-electron chi connectivity index (χ4n) is 2.37. The van der Waals surface area contributed by atoms with E-state index in [4.69, 9.17) is 4.74 Å². The highest BCUT2D eigenvalue weighted by molar-refractivity contribution is 5.85. The summed E-state index contributed by atoms with van der Waals surface area (Å²) in [5, 5.41) is 10.5. The lowest BCUT2D eigenvalue weighted by Crippen LogP contribution is -2.35. The fraction of sp³-hybridized carbons (Fsp3) is 0.412. The first-order valence-corrected chi connectivity index (χ1v) is 7.69. The number of rotatable bonds is 8. The molecule has 0 unspecified atom stereocenters. The molecule has 132 valence electrons. The van der Waals surface area contributed by atoms with Crippen molar-refractivity contribution in [2.45, 2.75) is 20.4 Å². The van der Waals surface area contributed by atoms with Gasteiger partial charge in [-0.3, -0.25) is 4.79 Å². The van der Waals surface area contributed by atoms with E-state index in [1.807, 2.05) is 48.9 Å². The average Bonchev–Trinajstić information content (AvgIpc) is 2.88. The van der Waals surface area contributed by atoms with Crippen molar-refractivity contribution in [1.82, 2.24) is 20.4 Å². The molecule has 1 heterocycles. The van der Waals surface area contributed by atoms with Crippen molar-refractivity contribution in [3.8, 4) is 5.69 Å². The second-order valence-corrected chi connectivity index (χ2v) is 5.41. The maximum absolute atomic E-state index is 11.9. The third-order valence-electron chi connectivity index (χ3n) is 3.47. The SMILES string of the molecule is COCCNCC(=O)NCc1ccccc1-n1nc(C)cc1C.Cl. The molecule has 0 radical (unpaired) electrons. The summed E-state index contributed by atoms with van der Waals surface area (Å²) in [5.74, 6) is -0.0377. The van der Waals surface area contributed by atoms with Gasteiger partial charge in [0.2, 0.25) is 5.91 Å². The van der Waals surface area contributed by atoms with Crippen LogP contribution in [0.25, 0.3) is 5.69 Å². The van der Waals surface area contributed by atoms with Crippen LogP contribution in [0.15, 0.2) is 30.3 Å². The Labute approximate surface area is 149 Å². The van der Waals surface area contributed by atoms with Crippen LogP contribution < -0.4 is 10.6 Å². The molecule has 0 aliphatic carbocycles. The first-order valence-electron chi connectivity index (χ1n) is 7.69. The molecule has 0 saturated heterocycles. The smallest absolute Gasteiger partial charge is 0.234 e. The van der Waals surface area contributed by atoms with E-state index in [1.54, 1.807) is 7.11 Å². The monoisotopic (exact) mass is 352 g/mol. The van der Waals surface area contributed by atoms with Gasteiger partial charge in [0.1, 0.15) is 0 Å². The number of amides is 1. The number of aryl methyl sites for hydroxylation is 2. The van der Waals surface area contributed by atoms with E-state index in [2.05, 4.69) is 15.7 Å². The molecule has 1 aromatic carbocycles. The minimum absolute atomic E-state index is 0. The van der Waals surface area contributed by atoms with E-state index in [1.165, 1.54) is 0 Å². The predicted molar refractivity (Wildman–Crippen MR) is 96.9 cm³/mol. The minimum atomic E-state index is -0.0377. The molecule has 2 rings (SSSR count). The van der Waals surface area contributed by atoms with Gasteiger partial charge < -0.3 is 15.4 Å². The van der Waals surface area contributed by atoms with Crippen LogP contribution in [0.5, 0.6) is 0 Å². The Kier molecular flexibility index (Phi) is 8.46. The summed E-state index contributed by atoms with van der Waals surface area (Å²) in [6, 6.07) is 9.99. The van der Waals surface area contributed by atoms with Crippen LogP contribution in [-0.2, 0) is 16.1 Å². The van der Waals surface area contributed by atoms with Gasteiger partial charge in [-0.15, -0.1) is 12.4 Å². The lowest BCUT2D eigenvalue weighted by atomic mass is 10.1. The Morgan fingerprint density at radius 3 is 2.71 bits per heavy atom. The normalized spacial score (nSPS) is 10.3. The number of para-hydroxylation sites is 1. The summed E-state index contributed by atoms with van der Waals surface area (Å²) in [4.78, 5) is 11.9. The second kappa shape index (κ2) is 10.1. The zero-order valence-corrected chi connectivity index (χ0v) is 15.2. The van der Waals surface area contributed by atoms with E-state index < -0.39 is 0 Å². The average molecular weight is 353 g/mol. The Morgan fingerprint density at radius 1 is 1.29 bits per heavy atom. The van der Waals surface area contributed by atoms with Gasteiger partial charge in [0.25, 0.3) is 0 Å². The summed E-state index contributed by atoms with van der Waals surface area (Å²) in [6.07, 6.45) is 0. The van der Waals surface area contributed by atoms with Gasteiger partial charge in [-0.1, -0.05) is 18.2 Å². The van der Waals surface area contributed by atoms with Gasteiger partial charge in [0.05, 0.1) is 24.5 Å². The number of nitrogens with one attached hydrogen (secondary N) is 2. The highest BCUT2D eigenvalue weighted by Crippen LogP contribution is 2.16. The second-order valence-electron chi connectivity index (χ2n) is 5.41. The van der Waals surface area contributed by atoms with E-state index in [0.29, 0.717) is 19.7 Å². The molecule has 0 fully saturated rings. The fourth-order valence-corrected chi connectivity index (χ4v) is 2.37. The number of benzene rings is 1. The third-order valence-corrected chi connectivity index (χ3v) is 3.47. The largest absolute Gasteiger partial charge is 0.383 e. The van der Waals surface area contributed by atoms with Gasteiger partial charge in [0, 0.05) is 25.9 Å². The number of halogens is 1. The number of carbonyl (C=O) groups excluding carboxylic acids is 1. The molecule has 2 aromatic rings. The van der Waals surface area contributed by atoms with Crippen molar-refractivity contribution in [3.05, 3.63) is 47.3 Å². The van der Waals surface area contributed by atoms with E-state index in [0.717, 1.165) is 22.6 Å². The van der Waals surface area contributed by atoms with Gasteiger partial charge in [0.15, 0.2) is 0 Å². The molecule has 0 atom stereocenters. The number of methoxy groups -OCH3 is 1. The number of ether oxygens (including phenoxy) is 1.